The lowest BCUT2D eigenvalue weighted by molar-refractivity contribution is -0.142. The summed E-state index contributed by atoms with van der Waals surface area (Å²) in [5.74, 6) is -0.436. The fourth-order valence-electron chi connectivity index (χ4n) is 2.12. The molecule has 1 aliphatic carbocycles. The Bertz CT molecular complexity index is 164. The SMILES string of the molecule is NCC(CC1CCCCC1)C(=O)O. The normalized spacial score (nSPS) is 21.3. The highest BCUT2D eigenvalue weighted by molar-refractivity contribution is 5.70. The molecule has 1 unspecified atom stereocenters. The predicted octanol–water partition coefficient (Wildman–Crippen LogP) is 1.62. The average Bonchev–Trinajstić information content (AvgIpc) is 2.15. The first-order valence-electron chi connectivity index (χ1n) is 5.17. The van der Waals surface area contributed by atoms with Gasteiger partial charge in [-0.15, -0.1) is 0 Å². The topological polar surface area (TPSA) is 63.3 Å². The Morgan fingerprint density at radius 2 is 2.00 bits per heavy atom. The van der Waals surface area contributed by atoms with Crippen molar-refractivity contribution in [2.24, 2.45) is 17.6 Å². The first-order valence-corrected chi connectivity index (χ1v) is 5.17. The predicted molar refractivity (Wildman–Crippen MR) is 51.4 cm³/mol. The molecule has 1 fully saturated rings. The smallest absolute Gasteiger partial charge is 0.307 e. The standard InChI is InChI=1S/C10H19NO2/c11-7-9(10(12)13)6-8-4-2-1-3-5-8/h8-9H,1-7,11H2,(H,12,13). The third-order valence-corrected chi connectivity index (χ3v) is 2.98. The van der Waals surface area contributed by atoms with Crippen molar-refractivity contribution in [2.45, 2.75) is 38.5 Å². The van der Waals surface area contributed by atoms with Gasteiger partial charge in [0.15, 0.2) is 0 Å². The zero-order valence-corrected chi connectivity index (χ0v) is 8.04. The third-order valence-electron chi connectivity index (χ3n) is 2.98. The summed E-state index contributed by atoms with van der Waals surface area (Å²) in [5.41, 5.74) is 5.41. The number of hydrogen-bond acceptors (Lipinski definition) is 2. The van der Waals surface area contributed by atoms with Crippen molar-refractivity contribution >= 4 is 5.97 Å². The van der Waals surface area contributed by atoms with Crippen LogP contribution in [0, 0.1) is 11.8 Å². The van der Waals surface area contributed by atoms with Crippen LogP contribution in [0.4, 0.5) is 0 Å². The minimum atomic E-state index is -0.729. The number of nitrogens with two attached hydrogens (primary N) is 1. The van der Waals surface area contributed by atoms with Crippen molar-refractivity contribution in [3.63, 3.8) is 0 Å². The molecule has 3 nitrogen and oxygen atoms in total. The van der Waals surface area contributed by atoms with Gasteiger partial charge in [-0.1, -0.05) is 32.1 Å². The molecular formula is C10H19NO2. The zero-order chi connectivity index (χ0) is 9.68. The maximum absolute atomic E-state index is 10.7. The van der Waals surface area contributed by atoms with Gasteiger partial charge in [-0.25, -0.2) is 0 Å². The number of aliphatic carboxylic acids is 1. The second kappa shape index (κ2) is 5.22. The largest absolute Gasteiger partial charge is 0.481 e. The number of carbonyl (C=O) groups is 1. The van der Waals surface area contributed by atoms with E-state index in [9.17, 15) is 4.79 Å². The Kier molecular flexibility index (Phi) is 4.22. The summed E-state index contributed by atoms with van der Waals surface area (Å²) in [6.07, 6.45) is 7.03. The lowest BCUT2D eigenvalue weighted by Crippen LogP contribution is -2.26. The lowest BCUT2D eigenvalue weighted by Gasteiger charge is -2.23. The lowest BCUT2D eigenvalue weighted by atomic mass is 9.83. The molecule has 0 saturated heterocycles. The van der Waals surface area contributed by atoms with Crippen LogP contribution in [0.1, 0.15) is 38.5 Å². The van der Waals surface area contributed by atoms with Crippen molar-refractivity contribution in [3.05, 3.63) is 0 Å². The maximum atomic E-state index is 10.7. The Balaban J connectivity index is 2.31. The highest BCUT2D eigenvalue weighted by atomic mass is 16.4. The molecule has 0 aromatic heterocycles. The van der Waals surface area contributed by atoms with Crippen LogP contribution in [-0.4, -0.2) is 17.6 Å². The first-order chi connectivity index (χ1) is 6.24. The van der Waals surface area contributed by atoms with E-state index in [1.165, 1.54) is 32.1 Å². The third kappa shape index (κ3) is 3.35. The van der Waals surface area contributed by atoms with E-state index < -0.39 is 5.97 Å². The van der Waals surface area contributed by atoms with Crippen molar-refractivity contribution in [1.29, 1.82) is 0 Å². The number of carboxylic acid groups (broad SMARTS) is 1. The molecule has 0 spiro atoms. The van der Waals surface area contributed by atoms with Crippen molar-refractivity contribution in [1.82, 2.24) is 0 Å². The van der Waals surface area contributed by atoms with Crippen LogP contribution in [0.15, 0.2) is 0 Å². The molecule has 0 aromatic rings. The van der Waals surface area contributed by atoms with Crippen LogP contribution in [-0.2, 0) is 4.79 Å². The van der Waals surface area contributed by atoms with Gasteiger partial charge >= 0.3 is 5.97 Å². The highest BCUT2D eigenvalue weighted by Crippen LogP contribution is 2.28. The molecule has 76 valence electrons. The van der Waals surface area contributed by atoms with Crippen LogP contribution in [0.3, 0.4) is 0 Å². The summed E-state index contributed by atoms with van der Waals surface area (Å²) in [7, 11) is 0. The van der Waals surface area contributed by atoms with Gasteiger partial charge in [0.1, 0.15) is 0 Å². The van der Waals surface area contributed by atoms with Crippen molar-refractivity contribution in [3.8, 4) is 0 Å². The summed E-state index contributed by atoms with van der Waals surface area (Å²) in [5, 5.41) is 8.82. The first kappa shape index (κ1) is 10.5. The average molecular weight is 185 g/mol. The monoisotopic (exact) mass is 185 g/mol. The molecule has 3 heteroatoms. The second-order valence-electron chi connectivity index (χ2n) is 4.01. The maximum Gasteiger partial charge on any atom is 0.307 e. The summed E-state index contributed by atoms with van der Waals surface area (Å²) in [6, 6.07) is 0. The van der Waals surface area contributed by atoms with Crippen LogP contribution in [0.5, 0.6) is 0 Å². The van der Waals surface area contributed by atoms with E-state index in [1.807, 2.05) is 0 Å². The molecule has 1 rings (SSSR count). The van der Waals surface area contributed by atoms with E-state index in [2.05, 4.69) is 0 Å². The number of rotatable bonds is 4. The highest BCUT2D eigenvalue weighted by Gasteiger charge is 2.22. The molecule has 0 radical (unpaired) electrons. The molecule has 0 aliphatic heterocycles. The van der Waals surface area contributed by atoms with Gasteiger partial charge in [-0.2, -0.15) is 0 Å². The molecule has 1 atom stereocenters. The van der Waals surface area contributed by atoms with Crippen molar-refractivity contribution < 1.29 is 9.90 Å². The molecule has 0 bridgehead atoms. The Hall–Kier alpha value is -0.570. The van der Waals surface area contributed by atoms with Gasteiger partial charge < -0.3 is 10.8 Å². The summed E-state index contributed by atoms with van der Waals surface area (Å²) in [4.78, 5) is 10.7. The molecule has 0 aromatic carbocycles. The van der Waals surface area contributed by atoms with E-state index in [0.717, 1.165) is 6.42 Å². The van der Waals surface area contributed by atoms with Crippen molar-refractivity contribution in [2.75, 3.05) is 6.54 Å². The molecule has 13 heavy (non-hydrogen) atoms. The fraction of sp³-hybridized carbons (Fsp3) is 0.900. The second-order valence-corrected chi connectivity index (χ2v) is 4.01. The van der Waals surface area contributed by atoms with E-state index in [-0.39, 0.29) is 12.5 Å². The van der Waals surface area contributed by atoms with E-state index in [1.54, 1.807) is 0 Å². The van der Waals surface area contributed by atoms with E-state index in [4.69, 9.17) is 10.8 Å². The fourth-order valence-corrected chi connectivity index (χ4v) is 2.12. The van der Waals surface area contributed by atoms with Gasteiger partial charge in [0.2, 0.25) is 0 Å². The van der Waals surface area contributed by atoms with Crippen LogP contribution >= 0.6 is 0 Å². The Morgan fingerprint density at radius 3 is 2.46 bits per heavy atom. The minimum Gasteiger partial charge on any atom is -0.481 e. The number of hydrogen-bond donors (Lipinski definition) is 2. The Morgan fingerprint density at radius 1 is 1.38 bits per heavy atom. The zero-order valence-electron chi connectivity index (χ0n) is 8.04. The van der Waals surface area contributed by atoms with Gasteiger partial charge in [-0.3, -0.25) is 4.79 Å². The van der Waals surface area contributed by atoms with E-state index >= 15 is 0 Å². The molecular weight excluding hydrogens is 166 g/mol. The minimum absolute atomic E-state index is 0.284. The summed E-state index contributed by atoms with van der Waals surface area (Å²) in [6.45, 7) is 0.284. The molecule has 0 amide bonds. The molecule has 0 heterocycles. The molecule has 3 N–H and O–H groups in total. The van der Waals surface area contributed by atoms with Crippen LogP contribution in [0.25, 0.3) is 0 Å². The summed E-state index contributed by atoms with van der Waals surface area (Å²) < 4.78 is 0. The van der Waals surface area contributed by atoms with Gasteiger partial charge in [0.05, 0.1) is 5.92 Å². The van der Waals surface area contributed by atoms with Crippen LogP contribution < -0.4 is 5.73 Å². The van der Waals surface area contributed by atoms with E-state index in [0.29, 0.717) is 5.92 Å². The van der Waals surface area contributed by atoms with Gasteiger partial charge in [-0.05, 0) is 12.3 Å². The van der Waals surface area contributed by atoms with Gasteiger partial charge in [0, 0.05) is 6.54 Å². The molecule has 1 saturated carbocycles. The number of carboxylic acids is 1. The Labute approximate surface area is 79.3 Å². The summed E-state index contributed by atoms with van der Waals surface area (Å²) >= 11 is 0. The quantitative estimate of drug-likeness (QED) is 0.699. The van der Waals surface area contributed by atoms with Gasteiger partial charge in [0.25, 0.3) is 0 Å². The van der Waals surface area contributed by atoms with Crippen LogP contribution in [0.2, 0.25) is 0 Å². The molecule has 1 aliphatic rings.